The van der Waals surface area contributed by atoms with E-state index in [1.54, 1.807) is 0 Å². The molecule has 1 amide bonds. The van der Waals surface area contributed by atoms with Gasteiger partial charge in [-0.25, -0.2) is 4.68 Å². The molecule has 1 aromatic heterocycles. The number of rotatable bonds is 3. The highest BCUT2D eigenvalue weighted by Gasteiger charge is 2.40. The monoisotopic (exact) mass is 251 g/mol. The van der Waals surface area contributed by atoms with Gasteiger partial charge in [0.05, 0.1) is 16.8 Å². The molecule has 0 spiro atoms. The van der Waals surface area contributed by atoms with Gasteiger partial charge in [0.2, 0.25) is 5.91 Å². The van der Waals surface area contributed by atoms with Gasteiger partial charge in [-0.1, -0.05) is 0 Å². The Kier molecular flexibility index (Phi) is 2.96. The van der Waals surface area contributed by atoms with Crippen LogP contribution in [0, 0.1) is 12.3 Å². The summed E-state index contributed by atoms with van der Waals surface area (Å²) in [5.41, 5.74) is 12.6. The Morgan fingerprint density at radius 1 is 1.56 bits per heavy atom. The number of nitrogens with two attached hydrogens (primary N) is 2. The summed E-state index contributed by atoms with van der Waals surface area (Å²) in [6.45, 7) is 7.99. The average molecular weight is 251 g/mol. The average Bonchev–Trinajstić information content (AvgIpc) is 2.83. The molecule has 0 aromatic carbocycles. The molecule has 1 aliphatic rings. The van der Waals surface area contributed by atoms with Gasteiger partial charge in [0.1, 0.15) is 0 Å². The Bertz CT molecular complexity index is 481. The molecule has 18 heavy (non-hydrogen) atoms. The molecule has 2 heterocycles. The first-order valence-electron chi connectivity index (χ1n) is 6.27. The minimum atomic E-state index is -0.469. The van der Waals surface area contributed by atoms with Crippen LogP contribution >= 0.6 is 0 Å². The summed E-state index contributed by atoms with van der Waals surface area (Å²) in [5, 5.41) is 4.40. The first-order chi connectivity index (χ1) is 8.39. The topological polar surface area (TPSA) is 90.2 Å². The number of primary amides is 1. The molecule has 6 nitrogen and oxygen atoms in total. The highest BCUT2D eigenvalue weighted by Crippen LogP contribution is 2.36. The first-order valence-corrected chi connectivity index (χ1v) is 6.27. The van der Waals surface area contributed by atoms with E-state index in [4.69, 9.17) is 11.5 Å². The van der Waals surface area contributed by atoms with Gasteiger partial charge in [-0.15, -0.1) is 0 Å². The summed E-state index contributed by atoms with van der Waals surface area (Å²) >= 11 is 0. The number of hydrogen-bond acceptors (Lipinski definition) is 4. The Morgan fingerprint density at radius 3 is 2.72 bits per heavy atom. The van der Waals surface area contributed by atoms with Crippen molar-refractivity contribution in [1.82, 2.24) is 9.78 Å². The van der Waals surface area contributed by atoms with Crippen LogP contribution in [-0.4, -0.2) is 28.8 Å². The lowest BCUT2D eigenvalue weighted by Crippen LogP contribution is -2.37. The van der Waals surface area contributed by atoms with Crippen LogP contribution in [0.4, 0.5) is 11.5 Å². The van der Waals surface area contributed by atoms with Crippen molar-refractivity contribution < 1.29 is 4.79 Å². The number of nitrogens with zero attached hydrogens (tertiary/aromatic N) is 3. The largest absolute Gasteiger partial charge is 0.394 e. The van der Waals surface area contributed by atoms with Gasteiger partial charge >= 0.3 is 0 Å². The fraction of sp³-hybridized carbons (Fsp3) is 0.667. The van der Waals surface area contributed by atoms with Crippen molar-refractivity contribution in [3.8, 4) is 0 Å². The Hall–Kier alpha value is -1.72. The number of anilines is 2. The van der Waals surface area contributed by atoms with Gasteiger partial charge in [-0.05, 0) is 27.2 Å². The second-order valence-electron chi connectivity index (χ2n) is 5.23. The lowest BCUT2D eigenvalue weighted by Gasteiger charge is -2.23. The fourth-order valence-corrected chi connectivity index (χ4v) is 2.48. The molecule has 6 heteroatoms. The zero-order chi connectivity index (χ0) is 13.5. The third-order valence-electron chi connectivity index (χ3n) is 3.81. The number of hydrogen-bond donors (Lipinski definition) is 2. The summed E-state index contributed by atoms with van der Waals surface area (Å²) in [6.07, 6.45) is 0.760. The molecule has 4 N–H and O–H groups in total. The number of aromatic nitrogens is 2. The van der Waals surface area contributed by atoms with Crippen LogP contribution in [-0.2, 0) is 11.3 Å². The molecule has 100 valence electrons. The van der Waals surface area contributed by atoms with Crippen molar-refractivity contribution in [3.05, 3.63) is 5.69 Å². The quantitative estimate of drug-likeness (QED) is 0.818. The zero-order valence-corrected chi connectivity index (χ0v) is 11.2. The smallest absolute Gasteiger partial charge is 0.225 e. The van der Waals surface area contributed by atoms with Crippen LogP contribution in [0.5, 0.6) is 0 Å². The van der Waals surface area contributed by atoms with E-state index in [9.17, 15) is 4.79 Å². The maximum absolute atomic E-state index is 11.5. The third-order valence-corrected chi connectivity index (χ3v) is 3.81. The molecule has 0 radical (unpaired) electrons. The van der Waals surface area contributed by atoms with Gasteiger partial charge in [0.15, 0.2) is 5.82 Å². The lowest BCUT2D eigenvalue weighted by atomic mass is 9.89. The second-order valence-corrected chi connectivity index (χ2v) is 5.23. The summed E-state index contributed by atoms with van der Waals surface area (Å²) in [6, 6.07) is 0. The third kappa shape index (κ3) is 1.81. The minimum absolute atomic E-state index is 0.247. The molecule has 1 saturated heterocycles. The van der Waals surface area contributed by atoms with Crippen LogP contribution in [0.15, 0.2) is 0 Å². The SMILES string of the molecule is CCn1nc(C)c(N)c1N1CCC(C)(C(N)=O)C1. The first kappa shape index (κ1) is 12.7. The van der Waals surface area contributed by atoms with E-state index in [1.807, 2.05) is 25.5 Å². The number of carbonyl (C=O) groups is 1. The van der Waals surface area contributed by atoms with E-state index < -0.39 is 5.41 Å². The molecule has 1 fully saturated rings. The molecule has 2 rings (SSSR count). The van der Waals surface area contributed by atoms with E-state index in [-0.39, 0.29) is 5.91 Å². The van der Waals surface area contributed by atoms with Crippen LogP contribution in [0.1, 0.15) is 26.0 Å². The zero-order valence-electron chi connectivity index (χ0n) is 11.2. The van der Waals surface area contributed by atoms with Gasteiger partial charge in [-0.2, -0.15) is 5.10 Å². The van der Waals surface area contributed by atoms with E-state index in [0.717, 1.165) is 31.0 Å². The Labute approximate surface area is 107 Å². The standard InChI is InChI=1S/C12H21N5O/c1-4-17-10(9(13)8(2)15-17)16-6-5-12(3,7-16)11(14)18/h4-7,13H2,1-3H3,(H2,14,18). The van der Waals surface area contributed by atoms with Gasteiger partial charge in [-0.3, -0.25) is 4.79 Å². The maximum Gasteiger partial charge on any atom is 0.225 e. The molecular formula is C12H21N5O. The van der Waals surface area contributed by atoms with Crippen molar-refractivity contribution in [2.45, 2.75) is 33.7 Å². The van der Waals surface area contributed by atoms with Crippen LogP contribution in [0.3, 0.4) is 0 Å². The second kappa shape index (κ2) is 4.19. The molecule has 0 saturated carbocycles. The van der Waals surface area contributed by atoms with Crippen molar-refractivity contribution in [2.24, 2.45) is 11.1 Å². The number of nitrogen functional groups attached to an aromatic ring is 1. The number of amides is 1. The number of carbonyl (C=O) groups excluding carboxylic acids is 1. The van der Waals surface area contributed by atoms with Crippen LogP contribution < -0.4 is 16.4 Å². The maximum atomic E-state index is 11.5. The highest BCUT2D eigenvalue weighted by molar-refractivity contribution is 5.82. The lowest BCUT2D eigenvalue weighted by molar-refractivity contribution is -0.125. The van der Waals surface area contributed by atoms with E-state index >= 15 is 0 Å². The van der Waals surface area contributed by atoms with Gasteiger partial charge < -0.3 is 16.4 Å². The van der Waals surface area contributed by atoms with Crippen molar-refractivity contribution in [2.75, 3.05) is 23.7 Å². The Morgan fingerprint density at radius 2 is 2.22 bits per heavy atom. The van der Waals surface area contributed by atoms with Crippen molar-refractivity contribution >= 4 is 17.4 Å². The van der Waals surface area contributed by atoms with Crippen molar-refractivity contribution in [1.29, 1.82) is 0 Å². The van der Waals surface area contributed by atoms with Crippen LogP contribution in [0.2, 0.25) is 0 Å². The molecule has 1 atom stereocenters. The molecule has 1 unspecified atom stereocenters. The van der Waals surface area contributed by atoms with Crippen LogP contribution in [0.25, 0.3) is 0 Å². The minimum Gasteiger partial charge on any atom is -0.394 e. The molecule has 1 aromatic rings. The summed E-state index contributed by atoms with van der Waals surface area (Å²) in [7, 11) is 0. The number of aryl methyl sites for hydroxylation is 2. The molecular weight excluding hydrogens is 230 g/mol. The van der Waals surface area contributed by atoms with E-state index in [2.05, 4.69) is 10.00 Å². The van der Waals surface area contributed by atoms with Gasteiger partial charge in [0.25, 0.3) is 0 Å². The van der Waals surface area contributed by atoms with Crippen molar-refractivity contribution in [3.63, 3.8) is 0 Å². The highest BCUT2D eigenvalue weighted by atomic mass is 16.1. The molecule has 0 bridgehead atoms. The van der Waals surface area contributed by atoms with E-state index in [1.165, 1.54) is 0 Å². The molecule has 1 aliphatic heterocycles. The summed E-state index contributed by atoms with van der Waals surface area (Å²) < 4.78 is 1.89. The fourth-order valence-electron chi connectivity index (χ4n) is 2.48. The predicted molar refractivity (Wildman–Crippen MR) is 71.2 cm³/mol. The Balaban J connectivity index is 2.32. The normalized spacial score (nSPS) is 23.6. The van der Waals surface area contributed by atoms with Gasteiger partial charge in [0, 0.05) is 19.6 Å². The predicted octanol–water partition coefficient (Wildman–Crippen LogP) is 0.495. The molecule has 0 aliphatic carbocycles. The summed E-state index contributed by atoms with van der Waals surface area (Å²) in [4.78, 5) is 13.6. The summed E-state index contributed by atoms with van der Waals surface area (Å²) in [5.74, 6) is 0.669. The van der Waals surface area contributed by atoms with E-state index in [0.29, 0.717) is 12.2 Å².